The Morgan fingerprint density at radius 1 is 1.06 bits per heavy atom. The molecule has 2 aromatic rings. The number of nitrogens with zero attached hydrogens (tertiary/aromatic N) is 3. The van der Waals surface area contributed by atoms with E-state index < -0.39 is 0 Å². The van der Waals surface area contributed by atoms with Crippen molar-refractivity contribution in [1.82, 2.24) is 14.9 Å². The minimum absolute atomic E-state index is 0.377. The number of hydrogen-bond donors (Lipinski definition) is 0. The molecule has 1 saturated heterocycles. The molecule has 3 nitrogen and oxygen atoms in total. The van der Waals surface area contributed by atoms with E-state index in [4.69, 9.17) is 4.98 Å². The lowest BCUT2D eigenvalue weighted by molar-refractivity contribution is 0.172. The van der Waals surface area contributed by atoms with Crippen LogP contribution >= 0.6 is 0 Å². The molecule has 0 saturated carbocycles. The SMILES string of the molecule is CC(c1cnc2ccccc2n1)N1CCCCC1. The van der Waals surface area contributed by atoms with E-state index >= 15 is 0 Å². The average molecular weight is 241 g/mol. The van der Waals surface area contributed by atoms with Crippen LogP contribution in [0.1, 0.15) is 37.9 Å². The third-order valence-electron chi connectivity index (χ3n) is 3.83. The molecule has 18 heavy (non-hydrogen) atoms. The van der Waals surface area contributed by atoms with Gasteiger partial charge in [0.05, 0.1) is 29.0 Å². The zero-order chi connectivity index (χ0) is 12.4. The zero-order valence-corrected chi connectivity index (χ0v) is 10.8. The number of para-hydroxylation sites is 2. The predicted molar refractivity (Wildman–Crippen MR) is 73.4 cm³/mol. The molecule has 1 aromatic heterocycles. The Balaban J connectivity index is 1.88. The van der Waals surface area contributed by atoms with Crippen LogP contribution in [-0.2, 0) is 0 Å². The highest BCUT2D eigenvalue weighted by atomic mass is 15.2. The maximum absolute atomic E-state index is 4.75. The molecule has 0 N–H and O–H groups in total. The van der Waals surface area contributed by atoms with Crippen molar-refractivity contribution < 1.29 is 0 Å². The second-order valence-electron chi connectivity index (χ2n) is 5.06. The van der Waals surface area contributed by atoms with Crippen molar-refractivity contribution >= 4 is 11.0 Å². The first-order chi connectivity index (χ1) is 8.84. The van der Waals surface area contributed by atoms with Crippen LogP contribution in [0.5, 0.6) is 0 Å². The third kappa shape index (κ3) is 2.23. The quantitative estimate of drug-likeness (QED) is 0.808. The lowest BCUT2D eigenvalue weighted by Gasteiger charge is -2.31. The predicted octanol–water partition coefficient (Wildman–Crippen LogP) is 3.18. The fourth-order valence-electron chi connectivity index (χ4n) is 2.67. The topological polar surface area (TPSA) is 29.0 Å². The van der Waals surface area contributed by atoms with Crippen LogP contribution in [0.3, 0.4) is 0 Å². The summed E-state index contributed by atoms with van der Waals surface area (Å²) in [4.78, 5) is 11.8. The van der Waals surface area contributed by atoms with Crippen LogP contribution in [0, 0.1) is 0 Å². The van der Waals surface area contributed by atoms with Crippen LogP contribution < -0.4 is 0 Å². The number of fused-ring (bicyclic) bond motifs is 1. The largest absolute Gasteiger partial charge is 0.295 e. The second kappa shape index (κ2) is 5.02. The summed E-state index contributed by atoms with van der Waals surface area (Å²) in [7, 11) is 0. The number of hydrogen-bond acceptors (Lipinski definition) is 3. The Morgan fingerprint density at radius 2 is 1.78 bits per heavy atom. The van der Waals surface area contributed by atoms with Gasteiger partial charge in [-0.25, -0.2) is 4.98 Å². The van der Waals surface area contributed by atoms with E-state index in [1.165, 1.54) is 32.4 Å². The van der Waals surface area contributed by atoms with Gasteiger partial charge in [-0.15, -0.1) is 0 Å². The summed E-state index contributed by atoms with van der Waals surface area (Å²) in [5.74, 6) is 0. The summed E-state index contributed by atoms with van der Waals surface area (Å²) in [5.41, 5.74) is 3.07. The lowest BCUT2D eigenvalue weighted by Crippen LogP contribution is -2.32. The van der Waals surface area contributed by atoms with E-state index in [0.717, 1.165) is 16.7 Å². The minimum Gasteiger partial charge on any atom is -0.295 e. The van der Waals surface area contributed by atoms with Crippen LogP contribution in [-0.4, -0.2) is 28.0 Å². The Labute approximate surface area is 108 Å². The molecule has 1 unspecified atom stereocenters. The molecule has 94 valence electrons. The maximum Gasteiger partial charge on any atom is 0.0890 e. The summed E-state index contributed by atoms with van der Waals surface area (Å²) >= 11 is 0. The fourth-order valence-corrected chi connectivity index (χ4v) is 2.67. The molecule has 1 fully saturated rings. The van der Waals surface area contributed by atoms with E-state index in [1.54, 1.807) is 0 Å². The van der Waals surface area contributed by atoms with Crippen molar-refractivity contribution in [3.63, 3.8) is 0 Å². The molecule has 2 heterocycles. The van der Waals surface area contributed by atoms with Gasteiger partial charge < -0.3 is 0 Å². The van der Waals surface area contributed by atoms with Gasteiger partial charge in [-0.2, -0.15) is 0 Å². The monoisotopic (exact) mass is 241 g/mol. The van der Waals surface area contributed by atoms with Crippen molar-refractivity contribution in [3.8, 4) is 0 Å². The van der Waals surface area contributed by atoms with Gasteiger partial charge in [-0.3, -0.25) is 9.88 Å². The Hall–Kier alpha value is -1.48. The Kier molecular flexibility index (Phi) is 3.24. The van der Waals surface area contributed by atoms with E-state index in [0.29, 0.717) is 6.04 Å². The lowest BCUT2D eigenvalue weighted by atomic mass is 10.1. The summed E-state index contributed by atoms with van der Waals surface area (Å²) in [6, 6.07) is 8.45. The molecule has 0 spiro atoms. The van der Waals surface area contributed by atoms with E-state index in [1.807, 2.05) is 30.5 Å². The van der Waals surface area contributed by atoms with Crippen LogP contribution in [0.15, 0.2) is 30.5 Å². The molecule has 0 aliphatic carbocycles. The fraction of sp³-hybridized carbons (Fsp3) is 0.467. The van der Waals surface area contributed by atoms with Crippen molar-refractivity contribution in [3.05, 3.63) is 36.2 Å². The van der Waals surface area contributed by atoms with Crippen LogP contribution in [0.25, 0.3) is 11.0 Å². The molecule has 0 bridgehead atoms. The van der Waals surface area contributed by atoms with Crippen molar-refractivity contribution in [1.29, 1.82) is 0 Å². The van der Waals surface area contributed by atoms with Gasteiger partial charge in [0.25, 0.3) is 0 Å². The smallest absolute Gasteiger partial charge is 0.0890 e. The van der Waals surface area contributed by atoms with Crippen molar-refractivity contribution in [2.75, 3.05) is 13.1 Å². The van der Waals surface area contributed by atoms with Gasteiger partial charge >= 0.3 is 0 Å². The van der Waals surface area contributed by atoms with Crippen LogP contribution in [0.2, 0.25) is 0 Å². The first-order valence-electron chi connectivity index (χ1n) is 6.80. The molecule has 1 aromatic carbocycles. The summed E-state index contributed by atoms with van der Waals surface area (Å²) in [5, 5.41) is 0. The maximum atomic E-state index is 4.75. The molecule has 1 atom stereocenters. The molecular formula is C15H19N3. The van der Waals surface area contributed by atoms with Crippen molar-refractivity contribution in [2.45, 2.75) is 32.2 Å². The van der Waals surface area contributed by atoms with Gasteiger partial charge in [0.2, 0.25) is 0 Å². The highest BCUT2D eigenvalue weighted by molar-refractivity contribution is 5.73. The normalized spacial score (nSPS) is 18.9. The molecule has 3 rings (SSSR count). The third-order valence-corrected chi connectivity index (χ3v) is 3.83. The molecule has 0 radical (unpaired) electrons. The van der Waals surface area contributed by atoms with E-state index in [2.05, 4.69) is 16.8 Å². The summed E-state index contributed by atoms with van der Waals surface area (Å²) in [6.45, 7) is 4.62. The number of likely N-dealkylation sites (tertiary alicyclic amines) is 1. The van der Waals surface area contributed by atoms with Gasteiger partial charge in [0.15, 0.2) is 0 Å². The number of rotatable bonds is 2. The van der Waals surface area contributed by atoms with Gasteiger partial charge in [-0.1, -0.05) is 18.6 Å². The first kappa shape index (κ1) is 11.6. The van der Waals surface area contributed by atoms with E-state index in [9.17, 15) is 0 Å². The van der Waals surface area contributed by atoms with Crippen molar-refractivity contribution in [2.24, 2.45) is 0 Å². The molecular weight excluding hydrogens is 222 g/mol. The second-order valence-corrected chi connectivity index (χ2v) is 5.06. The number of aromatic nitrogens is 2. The minimum atomic E-state index is 0.377. The molecule has 1 aliphatic heterocycles. The van der Waals surface area contributed by atoms with Crippen LogP contribution in [0.4, 0.5) is 0 Å². The van der Waals surface area contributed by atoms with E-state index in [-0.39, 0.29) is 0 Å². The summed E-state index contributed by atoms with van der Waals surface area (Å²) < 4.78 is 0. The Morgan fingerprint density at radius 3 is 2.56 bits per heavy atom. The average Bonchev–Trinajstić information content (AvgIpc) is 2.47. The first-order valence-corrected chi connectivity index (χ1v) is 6.80. The summed E-state index contributed by atoms with van der Waals surface area (Å²) in [6.07, 6.45) is 5.92. The van der Waals surface area contributed by atoms with Gasteiger partial charge in [0.1, 0.15) is 0 Å². The number of piperidine rings is 1. The van der Waals surface area contributed by atoms with Gasteiger partial charge in [-0.05, 0) is 45.0 Å². The highest BCUT2D eigenvalue weighted by Gasteiger charge is 2.19. The molecule has 1 aliphatic rings. The molecule has 3 heteroatoms. The zero-order valence-electron chi connectivity index (χ0n) is 10.8. The Bertz CT molecular complexity index is 532. The number of benzene rings is 1. The highest BCUT2D eigenvalue weighted by Crippen LogP contribution is 2.23. The van der Waals surface area contributed by atoms with Gasteiger partial charge in [0, 0.05) is 0 Å². The molecule has 0 amide bonds. The standard InChI is InChI=1S/C15H19N3/c1-12(18-9-5-2-6-10-18)15-11-16-13-7-3-4-8-14(13)17-15/h3-4,7-8,11-12H,2,5-6,9-10H2,1H3.